The molecule has 1 aliphatic heterocycles. The third kappa shape index (κ3) is 4.29. The van der Waals surface area contributed by atoms with Gasteiger partial charge in [0.25, 0.3) is 5.91 Å². The summed E-state index contributed by atoms with van der Waals surface area (Å²) in [4.78, 5) is 27.4. The fraction of sp³-hybridized carbons (Fsp3) is 0.0769. The highest BCUT2D eigenvalue weighted by Gasteiger charge is 2.37. The molecule has 1 amide bonds. The zero-order valence-corrected chi connectivity index (χ0v) is 18.3. The Kier molecular flexibility index (Phi) is 6.10. The van der Waals surface area contributed by atoms with Crippen LogP contribution in [0.4, 0.5) is 5.69 Å². The average molecular weight is 446 g/mol. The van der Waals surface area contributed by atoms with Crippen LogP contribution < -0.4 is 9.64 Å². The Labute approximate surface area is 191 Å². The SMILES string of the molecule is COC(=O)C1=C(C)N(c2ccc(Cl)cc2)C(=O)/C1=C\c1cccc(Oc2ccccc2)c1. The summed E-state index contributed by atoms with van der Waals surface area (Å²) in [6, 6.07) is 23.6. The van der Waals surface area contributed by atoms with Gasteiger partial charge in [0.1, 0.15) is 11.5 Å². The van der Waals surface area contributed by atoms with E-state index in [1.807, 2.05) is 54.6 Å². The number of ether oxygens (including phenoxy) is 2. The van der Waals surface area contributed by atoms with Crippen molar-refractivity contribution in [2.75, 3.05) is 12.0 Å². The fourth-order valence-corrected chi connectivity index (χ4v) is 3.67. The molecule has 0 aromatic heterocycles. The molecular weight excluding hydrogens is 426 g/mol. The van der Waals surface area contributed by atoms with E-state index in [9.17, 15) is 9.59 Å². The Morgan fingerprint density at radius 3 is 2.31 bits per heavy atom. The number of halogens is 1. The van der Waals surface area contributed by atoms with Crippen LogP contribution in [0.2, 0.25) is 5.02 Å². The van der Waals surface area contributed by atoms with E-state index in [0.29, 0.717) is 33.5 Å². The van der Waals surface area contributed by atoms with Crippen molar-refractivity contribution in [2.45, 2.75) is 6.92 Å². The van der Waals surface area contributed by atoms with Crippen molar-refractivity contribution in [1.82, 2.24) is 0 Å². The van der Waals surface area contributed by atoms with Crippen molar-refractivity contribution in [3.05, 3.63) is 106 Å². The van der Waals surface area contributed by atoms with E-state index in [-0.39, 0.29) is 17.1 Å². The number of nitrogens with zero attached hydrogens (tertiary/aromatic N) is 1. The summed E-state index contributed by atoms with van der Waals surface area (Å²) in [6.45, 7) is 1.72. The molecule has 0 atom stereocenters. The van der Waals surface area contributed by atoms with Gasteiger partial charge in [0.2, 0.25) is 0 Å². The summed E-state index contributed by atoms with van der Waals surface area (Å²) < 4.78 is 10.9. The van der Waals surface area contributed by atoms with E-state index < -0.39 is 5.97 Å². The normalized spacial score (nSPS) is 14.8. The van der Waals surface area contributed by atoms with Crippen LogP contribution in [-0.4, -0.2) is 19.0 Å². The van der Waals surface area contributed by atoms with Gasteiger partial charge >= 0.3 is 5.97 Å². The zero-order valence-electron chi connectivity index (χ0n) is 17.5. The molecule has 4 rings (SSSR count). The fourth-order valence-electron chi connectivity index (χ4n) is 3.54. The second kappa shape index (κ2) is 9.12. The molecule has 0 bridgehead atoms. The number of anilines is 1. The molecule has 0 spiro atoms. The highest BCUT2D eigenvalue weighted by Crippen LogP contribution is 2.36. The number of benzene rings is 3. The second-order valence-corrected chi connectivity index (χ2v) is 7.55. The van der Waals surface area contributed by atoms with E-state index in [1.165, 1.54) is 12.0 Å². The van der Waals surface area contributed by atoms with Crippen LogP contribution in [0.15, 0.2) is 95.7 Å². The summed E-state index contributed by atoms with van der Waals surface area (Å²) in [5.74, 6) is 0.426. The van der Waals surface area contributed by atoms with Crippen molar-refractivity contribution >= 4 is 35.2 Å². The van der Waals surface area contributed by atoms with Crippen molar-refractivity contribution in [1.29, 1.82) is 0 Å². The molecule has 6 heteroatoms. The highest BCUT2D eigenvalue weighted by atomic mass is 35.5. The number of esters is 1. The van der Waals surface area contributed by atoms with Gasteiger partial charge in [-0.05, 0) is 67.1 Å². The number of carbonyl (C=O) groups is 2. The van der Waals surface area contributed by atoms with Crippen LogP contribution in [0, 0.1) is 0 Å². The molecule has 0 saturated carbocycles. The molecule has 0 N–H and O–H groups in total. The predicted molar refractivity (Wildman–Crippen MR) is 125 cm³/mol. The topological polar surface area (TPSA) is 55.8 Å². The van der Waals surface area contributed by atoms with Gasteiger partial charge in [0.15, 0.2) is 0 Å². The first-order valence-corrected chi connectivity index (χ1v) is 10.3. The van der Waals surface area contributed by atoms with Gasteiger partial charge in [-0.3, -0.25) is 9.69 Å². The highest BCUT2D eigenvalue weighted by molar-refractivity contribution is 6.30. The molecule has 32 heavy (non-hydrogen) atoms. The third-order valence-corrected chi connectivity index (χ3v) is 5.27. The van der Waals surface area contributed by atoms with Gasteiger partial charge in [-0.1, -0.05) is 41.9 Å². The molecule has 0 radical (unpaired) electrons. The van der Waals surface area contributed by atoms with Crippen LogP contribution in [0.5, 0.6) is 11.5 Å². The molecule has 160 valence electrons. The van der Waals surface area contributed by atoms with Crippen LogP contribution >= 0.6 is 11.6 Å². The van der Waals surface area contributed by atoms with E-state index >= 15 is 0 Å². The molecule has 3 aromatic carbocycles. The van der Waals surface area contributed by atoms with Gasteiger partial charge in [0.05, 0.1) is 18.3 Å². The van der Waals surface area contributed by atoms with Crippen molar-refractivity contribution < 1.29 is 19.1 Å². The first kappa shape index (κ1) is 21.4. The van der Waals surface area contributed by atoms with Crippen molar-refractivity contribution in [3.63, 3.8) is 0 Å². The number of methoxy groups -OCH3 is 1. The number of allylic oxidation sites excluding steroid dienone is 1. The Balaban J connectivity index is 1.73. The lowest BCUT2D eigenvalue weighted by Crippen LogP contribution is -2.24. The standard InChI is InChI=1S/C26H20ClNO4/c1-17-24(26(30)31-2)23(25(29)28(17)20-13-11-19(27)12-14-20)16-18-7-6-10-22(15-18)32-21-8-4-3-5-9-21/h3-16H,1-2H3/b23-16-. The van der Waals surface area contributed by atoms with E-state index in [0.717, 1.165) is 0 Å². The minimum Gasteiger partial charge on any atom is -0.465 e. The van der Waals surface area contributed by atoms with Crippen molar-refractivity contribution in [3.8, 4) is 11.5 Å². The zero-order chi connectivity index (χ0) is 22.7. The summed E-state index contributed by atoms with van der Waals surface area (Å²) in [5, 5.41) is 0.557. The molecule has 3 aromatic rings. The lowest BCUT2D eigenvalue weighted by atomic mass is 10.0. The van der Waals surface area contributed by atoms with Crippen LogP contribution in [-0.2, 0) is 14.3 Å². The Morgan fingerprint density at radius 1 is 0.938 bits per heavy atom. The van der Waals surface area contributed by atoms with E-state index in [1.54, 1.807) is 37.3 Å². The van der Waals surface area contributed by atoms with Gasteiger partial charge in [-0.15, -0.1) is 0 Å². The molecular formula is C26H20ClNO4. The number of hydrogen-bond donors (Lipinski definition) is 0. The van der Waals surface area contributed by atoms with Gasteiger partial charge < -0.3 is 9.47 Å². The summed E-state index contributed by atoms with van der Waals surface area (Å²) >= 11 is 5.99. The maximum Gasteiger partial charge on any atom is 0.340 e. The molecule has 5 nitrogen and oxygen atoms in total. The maximum atomic E-state index is 13.4. The lowest BCUT2D eigenvalue weighted by Gasteiger charge is -2.17. The minimum absolute atomic E-state index is 0.224. The summed E-state index contributed by atoms with van der Waals surface area (Å²) in [5.41, 5.74) is 2.30. The smallest absolute Gasteiger partial charge is 0.340 e. The third-order valence-electron chi connectivity index (χ3n) is 5.02. The average Bonchev–Trinajstić information content (AvgIpc) is 3.04. The molecule has 0 saturated heterocycles. The monoisotopic (exact) mass is 445 g/mol. The molecule has 0 aliphatic carbocycles. The van der Waals surface area contributed by atoms with Gasteiger partial charge in [0, 0.05) is 16.4 Å². The molecule has 0 fully saturated rings. The predicted octanol–water partition coefficient (Wildman–Crippen LogP) is 6.01. The number of para-hydroxylation sites is 1. The number of amides is 1. The summed E-state index contributed by atoms with van der Waals surface area (Å²) in [6.07, 6.45) is 1.67. The largest absolute Gasteiger partial charge is 0.465 e. The number of rotatable bonds is 5. The second-order valence-electron chi connectivity index (χ2n) is 7.11. The molecule has 1 aliphatic rings. The summed E-state index contributed by atoms with van der Waals surface area (Å²) in [7, 11) is 1.30. The van der Waals surface area contributed by atoms with Crippen LogP contribution in [0.25, 0.3) is 6.08 Å². The van der Waals surface area contributed by atoms with E-state index in [2.05, 4.69) is 0 Å². The first-order valence-electron chi connectivity index (χ1n) is 9.92. The Hall–Kier alpha value is -3.83. The van der Waals surface area contributed by atoms with Crippen molar-refractivity contribution in [2.24, 2.45) is 0 Å². The Morgan fingerprint density at radius 2 is 1.62 bits per heavy atom. The molecule has 0 unspecified atom stereocenters. The van der Waals surface area contributed by atoms with Gasteiger partial charge in [-0.25, -0.2) is 4.79 Å². The lowest BCUT2D eigenvalue weighted by molar-refractivity contribution is -0.136. The maximum absolute atomic E-state index is 13.4. The van der Waals surface area contributed by atoms with E-state index in [4.69, 9.17) is 21.1 Å². The van der Waals surface area contributed by atoms with Gasteiger partial charge in [-0.2, -0.15) is 0 Å². The number of carbonyl (C=O) groups excluding carboxylic acids is 2. The quantitative estimate of drug-likeness (QED) is 0.356. The van der Waals surface area contributed by atoms with Crippen LogP contribution in [0.3, 0.4) is 0 Å². The van der Waals surface area contributed by atoms with Crippen LogP contribution in [0.1, 0.15) is 12.5 Å². The minimum atomic E-state index is -0.574. The Bertz CT molecular complexity index is 1230. The molecule has 1 heterocycles. The first-order chi connectivity index (χ1) is 15.5. The number of hydrogen-bond acceptors (Lipinski definition) is 4.